The molecule has 2 fully saturated rings. The Hall–Kier alpha value is -2.94. The molecule has 1 amide bonds. The van der Waals surface area contributed by atoms with Gasteiger partial charge in [-0.05, 0) is 76.3 Å². The summed E-state index contributed by atoms with van der Waals surface area (Å²) in [5, 5.41) is 20.2. The second kappa shape index (κ2) is 10.8. The summed E-state index contributed by atoms with van der Waals surface area (Å²) in [6.45, 7) is 2.41. The molecular formula is C27H29Cl2N5O3. The van der Waals surface area contributed by atoms with E-state index in [4.69, 9.17) is 28.2 Å². The Morgan fingerprint density at radius 1 is 1.05 bits per heavy atom. The lowest BCUT2D eigenvalue weighted by atomic mass is 9.90. The maximum absolute atomic E-state index is 12.5. The molecule has 1 atom stereocenters. The first kappa shape index (κ1) is 25.7. The molecule has 3 heterocycles. The molecule has 1 aromatic carbocycles. The van der Waals surface area contributed by atoms with Crippen molar-refractivity contribution in [2.24, 2.45) is 0 Å². The molecule has 0 radical (unpaired) electrons. The lowest BCUT2D eigenvalue weighted by Crippen LogP contribution is -2.47. The van der Waals surface area contributed by atoms with Gasteiger partial charge in [0.25, 0.3) is 0 Å². The first-order chi connectivity index (χ1) is 17.8. The molecule has 2 aromatic heterocycles. The Labute approximate surface area is 225 Å². The third-order valence-electron chi connectivity index (χ3n) is 7.20. The molecule has 5 rings (SSSR count). The lowest BCUT2D eigenvalue weighted by Gasteiger charge is -2.31. The number of hydrogen-bond donors (Lipinski definition) is 4. The number of aromatic hydroxyl groups is 1. The SMILES string of the molecule is CC(=O)c1cnc2ccc(-c3cc(Cl)c(O)c(Cl)c3)nc2c1NC1CCC(NC(=O)C2CCCN2)CC1. The van der Waals surface area contributed by atoms with Crippen LogP contribution in [0.25, 0.3) is 22.3 Å². The Morgan fingerprint density at radius 2 is 1.76 bits per heavy atom. The van der Waals surface area contributed by atoms with Crippen molar-refractivity contribution in [3.63, 3.8) is 0 Å². The molecule has 194 valence electrons. The maximum Gasteiger partial charge on any atom is 0.237 e. The van der Waals surface area contributed by atoms with Crippen LogP contribution in [0.1, 0.15) is 55.8 Å². The number of carbonyl (C=O) groups excluding carboxylic acids is 2. The Balaban J connectivity index is 1.38. The number of Topliss-reactive ketones (excluding diaryl/α,β-unsaturated/α-hetero) is 1. The van der Waals surface area contributed by atoms with E-state index < -0.39 is 0 Å². The normalized spacial score (nSPS) is 21.6. The molecule has 1 saturated heterocycles. The second-order valence-corrected chi connectivity index (χ2v) is 10.6. The predicted octanol–water partition coefficient (Wildman–Crippen LogP) is 5.10. The number of ketones is 1. The van der Waals surface area contributed by atoms with E-state index in [0.29, 0.717) is 33.5 Å². The van der Waals surface area contributed by atoms with Crippen LogP contribution in [0.4, 0.5) is 5.69 Å². The van der Waals surface area contributed by atoms with Crippen molar-refractivity contribution in [2.75, 3.05) is 11.9 Å². The van der Waals surface area contributed by atoms with Gasteiger partial charge in [-0.1, -0.05) is 23.2 Å². The van der Waals surface area contributed by atoms with E-state index in [1.807, 2.05) is 6.07 Å². The van der Waals surface area contributed by atoms with Gasteiger partial charge < -0.3 is 21.1 Å². The highest BCUT2D eigenvalue weighted by molar-refractivity contribution is 6.37. The van der Waals surface area contributed by atoms with Crippen LogP contribution in [-0.4, -0.2) is 51.4 Å². The molecule has 37 heavy (non-hydrogen) atoms. The van der Waals surface area contributed by atoms with Crippen molar-refractivity contribution in [1.82, 2.24) is 20.6 Å². The number of anilines is 1. The molecule has 1 aliphatic heterocycles. The number of amides is 1. The topological polar surface area (TPSA) is 116 Å². The number of hydrogen-bond acceptors (Lipinski definition) is 7. The number of phenols is 1. The highest BCUT2D eigenvalue weighted by Crippen LogP contribution is 2.37. The molecule has 2 aliphatic rings. The molecule has 0 spiro atoms. The van der Waals surface area contributed by atoms with Gasteiger partial charge in [0.15, 0.2) is 11.5 Å². The number of aromatic nitrogens is 2. The van der Waals surface area contributed by atoms with Crippen LogP contribution in [0.3, 0.4) is 0 Å². The van der Waals surface area contributed by atoms with Gasteiger partial charge in [0.1, 0.15) is 5.52 Å². The number of nitrogens with one attached hydrogen (secondary N) is 3. The van der Waals surface area contributed by atoms with Gasteiger partial charge in [0.05, 0.1) is 38.5 Å². The quantitative estimate of drug-likeness (QED) is 0.320. The van der Waals surface area contributed by atoms with Gasteiger partial charge in [-0.3, -0.25) is 14.6 Å². The molecular weight excluding hydrogens is 513 g/mol. The standard InChI is InChI=1S/C27H29Cl2N5O3/c1-14(35)18-13-31-22-9-8-21(15-11-19(28)26(36)20(29)12-15)34-25(22)24(18)32-16-4-6-17(7-5-16)33-27(37)23-3-2-10-30-23/h8-9,11-13,16-17,23,30,36H,2-7,10H2,1H3,(H,31,32)(H,33,37). The van der Waals surface area contributed by atoms with Crippen molar-refractivity contribution < 1.29 is 14.7 Å². The van der Waals surface area contributed by atoms with Crippen molar-refractivity contribution in [3.8, 4) is 17.0 Å². The van der Waals surface area contributed by atoms with Gasteiger partial charge in [-0.25, -0.2) is 4.98 Å². The van der Waals surface area contributed by atoms with Crippen molar-refractivity contribution in [1.29, 1.82) is 0 Å². The van der Waals surface area contributed by atoms with Crippen molar-refractivity contribution >= 4 is 51.6 Å². The molecule has 1 saturated carbocycles. The number of nitrogens with zero attached hydrogens (tertiary/aromatic N) is 2. The fourth-order valence-electron chi connectivity index (χ4n) is 5.15. The molecule has 8 nitrogen and oxygen atoms in total. The average molecular weight is 542 g/mol. The third-order valence-corrected chi connectivity index (χ3v) is 7.78. The Kier molecular flexibility index (Phi) is 7.51. The largest absolute Gasteiger partial charge is 0.505 e. The van der Waals surface area contributed by atoms with Crippen LogP contribution < -0.4 is 16.0 Å². The van der Waals surface area contributed by atoms with Gasteiger partial charge in [-0.2, -0.15) is 0 Å². The van der Waals surface area contributed by atoms with Crippen LogP contribution >= 0.6 is 23.2 Å². The van der Waals surface area contributed by atoms with Crippen LogP contribution in [0, 0.1) is 0 Å². The zero-order valence-corrected chi connectivity index (χ0v) is 22.0. The van der Waals surface area contributed by atoms with Crippen LogP contribution in [-0.2, 0) is 4.79 Å². The van der Waals surface area contributed by atoms with E-state index in [-0.39, 0.29) is 45.6 Å². The van der Waals surface area contributed by atoms with E-state index in [1.165, 1.54) is 6.92 Å². The molecule has 4 N–H and O–H groups in total. The van der Waals surface area contributed by atoms with E-state index >= 15 is 0 Å². The number of pyridine rings is 2. The summed E-state index contributed by atoms with van der Waals surface area (Å²) in [5.41, 5.74) is 3.58. The summed E-state index contributed by atoms with van der Waals surface area (Å²) in [5.74, 6) is -0.189. The maximum atomic E-state index is 12.5. The Bertz CT molecular complexity index is 1330. The molecule has 1 aliphatic carbocycles. The highest BCUT2D eigenvalue weighted by Gasteiger charge is 2.28. The van der Waals surface area contributed by atoms with Gasteiger partial charge >= 0.3 is 0 Å². The number of benzene rings is 1. The zero-order chi connectivity index (χ0) is 26.1. The second-order valence-electron chi connectivity index (χ2n) is 9.81. The van der Waals surface area contributed by atoms with Crippen LogP contribution in [0.5, 0.6) is 5.75 Å². The molecule has 0 bridgehead atoms. The predicted molar refractivity (Wildman–Crippen MR) is 145 cm³/mol. The van der Waals surface area contributed by atoms with E-state index in [1.54, 1.807) is 24.4 Å². The molecule has 1 unspecified atom stereocenters. The molecule has 10 heteroatoms. The summed E-state index contributed by atoms with van der Waals surface area (Å²) >= 11 is 12.3. The highest BCUT2D eigenvalue weighted by atomic mass is 35.5. The van der Waals surface area contributed by atoms with E-state index in [9.17, 15) is 14.7 Å². The zero-order valence-electron chi connectivity index (χ0n) is 20.5. The smallest absolute Gasteiger partial charge is 0.237 e. The fourth-order valence-corrected chi connectivity index (χ4v) is 5.64. The van der Waals surface area contributed by atoms with Crippen molar-refractivity contribution in [2.45, 2.75) is 63.6 Å². The van der Waals surface area contributed by atoms with E-state index in [2.05, 4.69) is 20.9 Å². The average Bonchev–Trinajstić information content (AvgIpc) is 3.43. The first-order valence-electron chi connectivity index (χ1n) is 12.6. The minimum atomic E-state index is -0.179. The number of carbonyl (C=O) groups is 2. The van der Waals surface area contributed by atoms with Gasteiger partial charge in [0, 0.05) is 23.8 Å². The number of halogens is 2. The van der Waals surface area contributed by atoms with E-state index in [0.717, 1.165) is 45.1 Å². The minimum Gasteiger partial charge on any atom is -0.505 e. The number of fused-ring (bicyclic) bond motifs is 1. The number of phenolic OH excluding ortho intramolecular Hbond substituents is 1. The van der Waals surface area contributed by atoms with Crippen LogP contribution in [0.15, 0.2) is 30.5 Å². The summed E-state index contributed by atoms with van der Waals surface area (Å²) in [6, 6.07) is 7.05. The lowest BCUT2D eigenvalue weighted by molar-refractivity contribution is -0.123. The summed E-state index contributed by atoms with van der Waals surface area (Å²) in [4.78, 5) is 34.3. The Morgan fingerprint density at radius 3 is 2.41 bits per heavy atom. The number of rotatable bonds is 6. The van der Waals surface area contributed by atoms with Crippen LogP contribution in [0.2, 0.25) is 10.0 Å². The van der Waals surface area contributed by atoms with Crippen molar-refractivity contribution in [3.05, 3.63) is 46.1 Å². The summed E-state index contributed by atoms with van der Waals surface area (Å²) in [6.07, 6.45) is 6.94. The first-order valence-corrected chi connectivity index (χ1v) is 13.3. The van der Waals surface area contributed by atoms with Gasteiger partial charge in [-0.15, -0.1) is 0 Å². The van der Waals surface area contributed by atoms with Gasteiger partial charge in [0.2, 0.25) is 5.91 Å². The summed E-state index contributed by atoms with van der Waals surface area (Å²) < 4.78 is 0. The fraction of sp³-hybridized carbons (Fsp3) is 0.407. The minimum absolute atomic E-state index is 0.0734. The summed E-state index contributed by atoms with van der Waals surface area (Å²) in [7, 11) is 0. The monoisotopic (exact) mass is 541 g/mol. The third kappa shape index (κ3) is 5.51. The molecule has 3 aromatic rings.